The molecule has 0 fully saturated rings. The van der Waals surface area contributed by atoms with Gasteiger partial charge in [-0.1, -0.05) is 47.6 Å². The first kappa shape index (κ1) is 18.8. The van der Waals surface area contributed by atoms with Gasteiger partial charge in [0.25, 0.3) is 5.91 Å². The van der Waals surface area contributed by atoms with Crippen LogP contribution in [0.15, 0.2) is 70.1 Å². The molecule has 140 valence electrons. The fraction of sp³-hybridized carbons (Fsp3) is 0.158. The average Bonchev–Trinajstić information content (AvgIpc) is 3.16. The molecule has 3 N–H and O–H groups in total. The molecule has 0 aliphatic carbocycles. The highest BCUT2D eigenvalue weighted by atomic mass is 32.2. The molecule has 7 nitrogen and oxygen atoms in total. The van der Waals surface area contributed by atoms with Gasteiger partial charge in [-0.3, -0.25) is 4.79 Å². The van der Waals surface area contributed by atoms with Crippen LogP contribution in [0.1, 0.15) is 22.5 Å². The van der Waals surface area contributed by atoms with Crippen molar-refractivity contribution in [3.05, 3.63) is 71.9 Å². The van der Waals surface area contributed by atoms with E-state index in [1.54, 1.807) is 18.2 Å². The molecule has 1 amide bonds. The summed E-state index contributed by atoms with van der Waals surface area (Å²) in [4.78, 5) is 12.2. The van der Waals surface area contributed by atoms with Gasteiger partial charge in [-0.2, -0.15) is 0 Å². The second-order valence-electron chi connectivity index (χ2n) is 5.99. The quantitative estimate of drug-likeness (QED) is 0.606. The van der Waals surface area contributed by atoms with Gasteiger partial charge in [0.15, 0.2) is 11.5 Å². The van der Waals surface area contributed by atoms with E-state index in [1.165, 1.54) is 12.1 Å². The number of sulfonamides is 1. The Labute approximate surface area is 157 Å². The summed E-state index contributed by atoms with van der Waals surface area (Å²) in [6.45, 7) is 0.462. The molecule has 0 saturated carbocycles. The van der Waals surface area contributed by atoms with Crippen LogP contribution >= 0.6 is 0 Å². The lowest BCUT2D eigenvalue weighted by Gasteiger charge is -2.04. The zero-order valence-corrected chi connectivity index (χ0v) is 15.3. The summed E-state index contributed by atoms with van der Waals surface area (Å²) >= 11 is 0. The van der Waals surface area contributed by atoms with Crippen molar-refractivity contribution in [1.82, 2.24) is 10.5 Å². The molecule has 27 heavy (non-hydrogen) atoms. The number of primary sulfonamides is 1. The minimum Gasteiger partial charge on any atom is -0.355 e. The number of rotatable bonds is 7. The maximum atomic E-state index is 12.1. The number of nitrogens with two attached hydrogens (primary N) is 1. The van der Waals surface area contributed by atoms with Gasteiger partial charge < -0.3 is 9.84 Å². The number of aryl methyl sites for hydroxylation is 1. The van der Waals surface area contributed by atoms with Crippen LogP contribution in [0.3, 0.4) is 0 Å². The van der Waals surface area contributed by atoms with E-state index in [0.717, 1.165) is 11.1 Å². The number of carbonyl (C=O) groups excluding carboxylic acids is 1. The minimum atomic E-state index is -3.68. The molecule has 0 atom stereocenters. The van der Waals surface area contributed by atoms with Crippen LogP contribution in [-0.4, -0.2) is 26.0 Å². The summed E-state index contributed by atoms with van der Waals surface area (Å²) in [7, 11) is -3.68. The Morgan fingerprint density at radius 3 is 2.44 bits per heavy atom. The van der Waals surface area contributed by atoms with E-state index >= 15 is 0 Å². The standard InChI is InChI=1S/C19H19N3O4S/c20-27(24,25)16-10-8-14(9-11-16)5-4-12-21-19(23)17-13-18(26-22-17)15-6-2-1-3-7-15/h1-3,6-11,13H,4-5,12H2,(H,21,23)(H2,20,24,25). The molecule has 0 aliphatic heterocycles. The molecule has 1 heterocycles. The second kappa shape index (κ2) is 8.15. The summed E-state index contributed by atoms with van der Waals surface area (Å²) in [6, 6.07) is 17.4. The Morgan fingerprint density at radius 2 is 1.78 bits per heavy atom. The van der Waals surface area contributed by atoms with E-state index in [1.807, 2.05) is 30.3 Å². The van der Waals surface area contributed by atoms with Crippen LogP contribution in [0.4, 0.5) is 0 Å². The molecule has 2 aromatic carbocycles. The van der Waals surface area contributed by atoms with Crippen LogP contribution in [0, 0.1) is 0 Å². The third-order valence-corrected chi connectivity index (χ3v) is 4.91. The van der Waals surface area contributed by atoms with Crippen molar-refractivity contribution in [3.8, 4) is 11.3 Å². The van der Waals surface area contributed by atoms with Gasteiger partial charge in [-0.05, 0) is 30.5 Å². The van der Waals surface area contributed by atoms with Gasteiger partial charge in [0.2, 0.25) is 10.0 Å². The van der Waals surface area contributed by atoms with Crippen molar-refractivity contribution in [2.24, 2.45) is 5.14 Å². The molecule has 0 radical (unpaired) electrons. The van der Waals surface area contributed by atoms with E-state index in [-0.39, 0.29) is 16.5 Å². The van der Waals surface area contributed by atoms with Crippen LogP contribution < -0.4 is 10.5 Å². The number of nitrogens with zero attached hydrogens (tertiary/aromatic N) is 1. The number of aromatic nitrogens is 1. The molecule has 0 unspecified atom stereocenters. The Balaban J connectivity index is 1.48. The van der Waals surface area contributed by atoms with Crippen LogP contribution in [-0.2, 0) is 16.4 Å². The zero-order chi connectivity index (χ0) is 19.3. The molecular formula is C19H19N3O4S. The van der Waals surface area contributed by atoms with Gasteiger partial charge in [0.05, 0.1) is 4.90 Å². The van der Waals surface area contributed by atoms with Crippen molar-refractivity contribution in [3.63, 3.8) is 0 Å². The Bertz CT molecular complexity index is 1010. The van der Waals surface area contributed by atoms with Crippen molar-refractivity contribution in [2.75, 3.05) is 6.54 Å². The van der Waals surface area contributed by atoms with Crippen LogP contribution in [0.5, 0.6) is 0 Å². The molecule has 1 aromatic heterocycles. The fourth-order valence-electron chi connectivity index (χ4n) is 2.55. The smallest absolute Gasteiger partial charge is 0.273 e. The molecule has 0 bridgehead atoms. The number of hydrogen-bond donors (Lipinski definition) is 2. The zero-order valence-electron chi connectivity index (χ0n) is 14.5. The molecule has 0 spiro atoms. The molecule has 0 aliphatic rings. The minimum absolute atomic E-state index is 0.0832. The van der Waals surface area contributed by atoms with Gasteiger partial charge >= 0.3 is 0 Å². The Kier molecular flexibility index (Phi) is 5.68. The third-order valence-electron chi connectivity index (χ3n) is 3.98. The fourth-order valence-corrected chi connectivity index (χ4v) is 3.07. The van der Waals surface area contributed by atoms with Gasteiger partial charge in [-0.15, -0.1) is 0 Å². The van der Waals surface area contributed by atoms with Crippen LogP contribution in [0.2, 0.25) is 0 Å². The highest BCUT2D eigenvalue weighted by Gasteiger charge is 2.13. The summed E-state index contributed by atoms with van der Waals surface area (Å²) in [5.41, 5.74) is 2.04. The lowest BCUT2D eigenvalue weighted by atomic mass is 10.1. The van der Waals surface area contributed by atoms with Gasteiger partial charge in [-0.25, -0.2) is 13.6 Å². The Morgan fingerprint density at radius 1 is 1.07 bits per heavy atom. The summed E-state index contributed by atoms with van der Waals surface area (Å²) in [6.07, 6.45) is 1.39. The van der Waals surface area contributed by atoms with Crippen LogP contribution in [0.25, 0.3) is 11.3 Å². The van der Waals surface area contributed by atoms with E-state index in [0.29, 0.717) is 25.1 Å². The number of amides is 1. The first-order valence-corrected chi connectivity index (χ1v) is 9.90. The SMILES string of the molecule is NS(=O)(=O)c1ccc(CCCNC(=O)c2cc(-c3ccccc3)on2)cc1. The predicted octanol–water partition coefficient (Wildman–Crippen LogP) is 2.35. The topological polar surface area (TPSA) is 115 Å². The molecular weight excluding hydrogens is 366 g/mol. The monoisotopic (exact) mass is 385 g/mol. The number of nitrogens with one attached hydrogen (secondary N) is 1. The highest BCUT2D eigenvalue weighted by molar-refractivity contribution is 7.89. The van der Waals surface area contributed by atoms with Crippen molar-refractivity contribution < 1.29 is 17.7 Å². The van der Waals surface area contributed by atoms with E-state index in [2.05, 4.69) is 10.5 Å². The number of hydrogen-bond acceptors (Lipinski definition) is 5. The van der Waals surface area contributed by atoms with E-state index in [9.17, 15) is 13.2 Å². The molecule has 0 saturated heterocycles. The van der Waals surface area contributed by atoms with Crippen molar-refractivity contribution >= 4 is 15.9 Å². The maximum Gasteiger partial charge on any atom is 0.273 e. The summed E-state index contributed by atoms with van der Waals surface area (Å²) in [5.74, 6) is 0.237. The highest BCUT2D eigenvalue weighted by Crippen LogP contribution is 2.19. The number of carbonyl (C=O) groups is 1. The summed E-state index contributed by atoms with van der Waals surface area (Å²) < 4.78 is 27.7. The van der Waals surface area contributed by atoms with Gasteiger partial charge in [0.1, 0.15) is 0 Å². The third kappa shape index (κ3) is 5.02. The molecule has 3 aromatic rings. The van der Waals surface area contributed by atoms with E-state index in [4.69, 9.17) is 9.66 Å². The van der Waals surface area contributed by atoms with Crippen molar-refractivity contribution in [2.45, 2.75) is 17.7 Å². The molecule has 3 rings (SSSR count). The van der Waals surface area contributed by atoms with E-state index < -0.39 is 10.0 Å². The lowest BCUT2D eigenvalue weighted by Crippen LogP contribution is -2.25. The first-order valence-electron chi connectivity index (χ1n) is 8.35. The number of benzene rings is 2. The second-order valence-corrected chi connectivity index (χ2v) is 7.55. The molecule has 8 heteroatoms. The predicted molar refractivity (Wildman–Crippen MR) is 100 cm³/mol. The first-order chi connectivity index (χ1) is 12.9. The Hall–Kier alpha value is -2.97. The summed E-state index contributed by atoms with van der Waals surface area (Å²) in [5, 5.41) is 11.7. The van der Waals surface area contributed by atoms with Gasteiger partial charge in [0, 0.05) is 18.2 Å². The maximum absolute atomic E-state index is 12.1. The lowest BCUT2D eigenvalue weighted by molar-refractivity contribution is 0.0944. The van der Waals surface area contributed by atoms with Crippen molar-refractivity contribution in [1.29, 1.82) is 0 Å². The average molecular weight is 385 g/mol. The normalized spacial score (nSPS) is 11.3. The largest absolute Gasteiger partial charge is 0.355 e.